The number of hydrogen-bond donors (Lipinski definition) is 1. The molecule has 1 aromatic rings. The van der Waals surface area contributed by atoms with Crippen LogP contribution in [0.5, 0.6) is 5.75 Å². The molecule has 0 fully saturated rings. The first kappa shape index (κ1) is 11.8. The van der Waals surface area contributed by atoms with Gasteiger partial charge >= 0.3 is 0 Å². The summed E-state index contributed by atoms with van der Waals surface area (Å²) in [5.74, 6) is -2.15. The average molecular weight is 234 g/mol. The van der Waals surface area contributed by atoms with Gasteiger partial charge in [-0.15, -0.1) is 0 Å². The summed E-state index contributed by atoms with van der Waals surface area (Å²) in [6.07, 6.45) is 0. The zero-order chi connectivity index (χ0) is 12.8. The maximum absolute atomic E-state index is 12.1. The standard InChI is InChI=1S/C13H14O4/c1-7-12(15)10-6-9(8(2)14)4-5-11(10)17-13(7,3)16/h4-7,16H,1-3H3. The summed E-state index contributed by atoms with van der Waals surface area (Å²) < 4.78 is 5.36. The Morgan fingerprint density at radius 1 is 1.47 bits per heavy atom. The SMILES string of the molecule is CC(=O)c1ccc2c(c1)C(=O)C(C)C(C)(O)O2. The number of ketones is 2. The van der Waals surface area contributed by atoms with Gasteiger partial charge < -0.3 is 9.84 Å². The van der Waals surface area contributed by atoms with E-state index in [1.165, 1.54) is 19.9 Å². The van der Waals surface area contributed by atoms with Crippen molar-refractivity contribution in [3.8, 4) is 5.75 Å². The van der Waals surface area contributed by atoms with Crippen LogP contribution in [-0.4, -0.2) is 22.5 Å². The Bertz CT molecular complexity index is 502. The minimum absolute atomic E-state index is 0.106. The molecule has 0 saturated carbocycles. The van der Waals surface area contributed by atoms with Gasteiger partial charge in [-0.25, -0.2) is 0 Å². The summed E-state index contributed by atoms with van der Waals surface area (Å²) in [7, 11) is 0. The second-order valence-electron chi connectivity index (χ2n) is 4.51. The lowest BCUT2D eigenvalue weighted by Crippen LogP contribution is -2.46. The topological polar surface area (TPSA) is 63.6 Å². The molecule has 0 bridgehead atoms. The number of hydrogen-bond acceptors (Lipinski definition) is 4. The molecular formula is C13H14O4. The minimum Gasteiger partial charge on any atom is -0.461 e. The van der Waals surface area contributed by atoms with Crippen LogP contribution in [0.15, 0.2) is 18.2 Å². The van der Waals surface area contributed by atoms with Crippen molar-refractivity contribution in [2.24, 2.45) is 5.92 Å². The highest BCUT2D eigenvalue weighted by molar-refractivity contribution is 6.04. The summed E-state index contributed by atoms with van der Waals surface area (Å²) in [6, 6.07) is 4.65. The first-order chi connectivity index (χ1) is 7.83. The van der Waals surface area contributed by atoms with Crippen molar-refractivity contribution < 1.29 is 19.4 Å². The van der Waals surface area contributed by atoms with Gasteiger partial charge in [-0.05, 0) is 32.0 Å². The molecule has 90 valence electrons. The molecule has 1 N–H and O–H groups in total. The molecule has 0 aromatic heterocycles. The number of ether oxygens (including phenoxy) is 1. The van der Waals surface area contributed by atoms with E-state index in [-0.39, 0.29) is 11.6 Å². The summed E-state index contributed by atoms with van der Waals surface area (Å²) in [4.78, 5) is 23.3. The van der Waals surface area contributed by atoms with E-state index >= 15 is 0 Å². The third kappa shape index (κ3) is 1.85. The molecule has 0 aliphatic carbocycles. The van der Waals surface area contributed by atoms with Crippen molar-refractivity contribution >= 4 is 11.6 Å². The van der Waals surface area contributed by atoms with Crippen LogP contribution in [0, 0.1) is 5.92 Å². The monoisotopic (exact) mass is 234 g/mol. The number of aliphatic hydroxyl groups is 1. The van der Waals surface area contributed by atoms with Crippen molar-refractivity contribution in [2.45, 2.75) is 26.6 Å². The summed E-state index contributed by atoms with van der Waals surface area (Å²) in [6.45, 7) is 4.50. The fourth-order valence-corrected chi connectivity index (χ4v) is 1.82. The quantitative estimate of drug-likeness (QED) is 0.753. The van der Waals surface area contributed by atoms with Crippen LogP contribution in [0.1, 0.15) is 41.5 Å². The van der Waals surface area contributed by atoms with E-state index in [2.05, 4.69) is 0 Å². The van der Waals surface area contributed by atoms with Crippen LogP contribution in [0.2, 0.25) is 0 Å². The van der Waals surface area contributed by atoms with Gasteiger partial charge in [0.2, 0.25) is 5.79 Å². The summed E-state index contributed by atoms with van der Waals surface area (Å²) >= 11 is 0. The summed E-state index contributed by atoms with van der Waals surface area (Å²) in [5.41, 5.74) is 0.825. The van der Waals surface area contributed by atoms with Crippen molar-refractivity contribution in [2.75, 3.05) is 0 Å². The van der Waals surface area contributed by atoms with Crippen molar-refractivity contribution in [1.82, 2.24) is 0 Å². The number of carbonyl (C=O) groups excluding carboxylic acids is 2. The first-order valence-electron chi connectivity index (χ1n) is 5.43. The van der Waals surface area contributed by atoms with Crippen LogP contribution in [0.3, 0.4) is 0 Å². The molecule has 1 aromatic carbocycles. The molecule has 1 heterocycles. The maximum atomic E-state index is 12.1. The van der Waals surface area contributed by atoms with Crippen LogP contribution < -0.4 is 4.74 Å². The van der Waals surface area contributed by atoms with E-state index in [1.54, 1.807) is 19.1 Å². The number of carbonyl (C=O) groups is 2. The normalized spacial score (nSPS) is 27.3. The predicted molar refractivity (Wildman–Crippen MR) is 61.2 cm³/mol. The Hall–Kier alpha value is -1.68. The van der Waals surface area contributed by atoms with E-state index in [9.17, 15) is 14.7 Å². The van der Waals surface area contributed by atoms with Gasteiger partial charge in [-0.1, -0.05) is 0 Å². The lowest BCUT2D eigenvalue weighted by atomic mass is 9.88. The zero-order valence-electron chi connectivity index (χ0n) is 9.98. The largest absolute Gasteiger partial charge is 0.461 e. The maximum Gasteiger partial charge on any atom is 0.215 e. The van der Waals surface area contributed by atoms with Gasteiger partial charge in [0.15, 0.2) is 11.6 Å². The average Bonchev–Trinajstić information content (AvgIpc) is 2.25. The highest BCUT2D eigenvalue weighted by Crippen LogP contribution is 2.35. The third-order valence-electron chi connectivity index (χ3n) is 3.16. The molecule has 4 nitrogen and oxygen atoms in total. The molecular weight excluding hydrogens is 220 g/mol. The van der Waals surface area contributed by atoms with Gasteiger partial charge in [0.1, 0.15) is 5.75 Å². The fraction of sp³-hybridized carbons (Fsp3) is 0.385. The Labute approximate surface area is 99.2 Å². The van der Waals surface area contributed by atoms with Crippen molar-refractivity contribution in [3.63, 3.8) is 0 Å². The number of benzene rings is 1. The van der Waals surface area contributed by atoms with Gasteiger partial charge in [0, 0.05) is 12.5 Å². The van der Waals surface area contributed by atoms with E-state index in [0.717, 1.165) is 0 Å². The van der Waals surface area contributed by atoms with Crippen molar-refractivity contribution in [1.29, 1.82) is 0 Å². The second-order valence-corrected chi connectivity index (χ2v) is 4.51. The Kier molecular flexibility index (Phi) is 2.54. The molecule has 4 heteroatoms. The van der Waals surface area contributed by atoms with E-state index < -0.39 is 11.7 Å². The molecule has 0 radical (unpaired) electrons. The van der Waals surface area contributed by atoms with Crippen molar-refractivity contribution in [3.05, 3.63) is 29.3 Å². The second kappa shape index (κ2) is 3.67. The molecule has 2 atom stereocenters. The van der Waals surface area contributed by atoms with E-state index in [1.807, 2.05) is 0 Å². The van der Waals surface area contributed by atoms with Gasteiger partial charge in [-0.3, -0.25) is 9.59 Å². The minimum atomic E-state index is -1.50. The Balaban J connectivity index is 2.54. The predicted octanol–water partition coefficient (Wildman–Crippen LogP) is 1.81. The number of fused-ring (bicyclic) bond motifs is 1. The lowest BCUT2D eigenvalue weighted by Gasteiger charge is -2.35. The number of rotatable bonds is 1. The van der Waals surface area contributed by atoms with Crippen LogP contribution in [0.25, 0.3) is 0 Å². The highest BCUT2D eigenvalue weighted by Gasteiger charge is 2.42. The van der Waals surface area contributed by atoms with Gasteiger partial charge in [0.05, 0.1) is 11.5 Å². The fourth-order valence-electron chi connectivity index (χ4n) is 1.82. The summed E-state index contributed by atoms with van der Waals surface area (Å²) in [5, 5.41) is 9.93. The molecule has 1 aliphatic rings. The van der Waals surface area contributed by atoms with E-state index in [0.29, 0.717) is 16.9 Å². The Morgan fingerprint density at radius 3 is 2.71 bits per heavy atom. The number of Topliss-reactive ketones (excluding diaryl/α,β-unsaturated/α-hetero) is 2. The first-order valence-corrected chi connectivity index (χ1v) is 5.43. The van der Waals surface area contributed by atoms with Crippen LogP contribution >= 0.6 is 0 Å². The molecule has 2 rings (SSSR count). The third-order valence-corrected chi connectivity index (χ3v) is 3.16. The van der Waals surface area contributed by atoms with Crippen LogP contribution in [0.4, 0.5) is 0 Å². The van der Waals surface area contributed by atoms with Gasteiger partial charge in [-0.2, -0.15) is 0 Å². The molecule has 0 saturated heterocycles. The van der Waals surface area contributed by atoms with Gasteiger partial charge in [0.25, 0.3) is 0 Å². The Morgan fingerprint density at radius 2 is 2.12 bits per heavy atom. The highest BCUT2D eigenvalue weighted by atomic mass is 16.6. The molecule has 0 spiro atoms. The van der Waals surface area contributed by atoms with Crippen LogP contribution in [-0.2, 0) is 0 Å². The smallest absolute Gasteiger partial charge is 0.215 e. The zero-order valence-corrected chi connectivity index (χ0v) is 9.98. The molecule has 2 unspecified atom stereocenters. The molecule has 0 amide bonds. The molecule has 1 aliphatic heterocycles. The van der Waals surface area contributed by atoms with E-state index in [4.69, 9.17) is 4.74 Å². The molecule has 17 heavy (non-hydrogen) atoms. The lowest BCUT2D eigenvalue weighted by molar-refractivity contribution is -0.151.